The molecule has 7 heavy (non-hydrogen) atoms. The van der Waals surface area contributed by atoms with Gasteiger partial charge in [-0.1, -0.05) is 0 Å². The molecule has 0 saturated carbocycles. The third kappa shape index (κ3) is 3.81. The Bertz CT molecular complexity index is 60.7. The third-order valence-corrected chi connectivity index (χ3v) is 0.556. The molecule has 0 unspecified atom stereocenters. The van der Waals surface area contributed by atoms with E-state index in [1.165, 1.54) is 0 Å². The van der Waals surface area contributed by atoms with E-state index in [0.29, 0.717) is 0 Å². The first-order valence-electron chi connectivity index (χ1n) is 1.67. The van der Waals surface area contributed by atoms with Gasteiger partial charge in [-0.15, -0.1) is 0 Å². The molecular formula is C6H8Zn. The molecule has 0 N–H and O–H groups in total. The van der Waals surface area contributed by atoms with Crippen molar-refractivity contribution in [3.63, 3.8) is 0 Å². The zero-order valence-corrected chi connectivity index (χ0v) is 7.56. The van der Waals surface area contributed by atoms with E-state index in [-0.39, 0.29) is 26.9 Å². The molecule has 1 heteroatoms. The Hall–Kier alpha value is -0.0266. The van der Waals surface area contributed by atoms with Gasteiger partial charge < -0.3 is 7.43 Å². The smallest absolute Gasteiger partial charge is 0.358 e. The van der Waals surface area contributed by atoms with Crippen molar-refractivity contribution in [1.29, 1.82) is 0 Å². The zero-order valence-electron chi connectivity index (χ0n) is 4.59. The molecule has 34 valence electrons. The van der Waals surface area contributed by atoms with Crippen LogP contribution in [0.3, 0.4) is 0 Å². The van der Waals surface area contributed by atoms with Crippen molar-refractivity contribution < 1.29 is 19.5 Å². The molecule has 0 bridgehead atoms. The van der Waals surface area contributed by atoms with E-state index >= 15 is 0 Å². The minimum Gasteiger partial charge on any atom is -0.358 e. The van der Waals surface area contributed by atoms with Crippen LogP contribution in [0.25, 0.3) is 0 Å². The van der Waals surface area contributed by atoms with Crippen molar-refractivity contribution in [2.75, 3.05) is 0 Å². The van der Waals surface area contributed by atoms with Gasteiger partial charge in [0.2, 0.25) is 0 Å². The maximum atomic E-state index is 2.00. The predicted octanol–water partition coefficient (Wildman–Crippen LogP) is 1.85. The topological polar surface area (TPSA) is 0 Å². The van der Waals surface area contributed by atoms with Crippen LogP contribution in [0.4, 0.5) is 0 Å². The summed E-state index contributed by atoms with van der Waals surface area (Å²) in [6.45, 7) is 0. The number of rotatable bonds is 0. The van der Waals surface area contributed by atoms with Crippen LogP contribution in [-0.2, 0) is 19.5 Å². The molecule has 0 radical (unpaired) electrons. The standard InChI is InChI=1S/C5H5.CH3.Zn/c1-2-4-5-3-1;;/h1-5H;1H3;/q2*-1;+2. The van der Waals surface area contributed by atoms with Gasteiger partial charge >= 0.3 is 19.5 Å². The first-order valence-corrected chi connectivity index (χ1v) is 1.67. The van der Waals surface area contributed by atoms with E-state index < -0.39 is 0 Å². The molecule has 0 spiro atoms. The van der Waals surface area contributed by atoms with Gasteiger partial charge in [0.1, 0.15) is 0 Å². The van der Waals surface area contributed by atoms with Gasteiger partial charge in [-0.25, -0.2) is 12.1 Å². The van der Waals surface area contributed by atoms with E-state index in [1.54, 1.807) is 0 Å². The maximum absolute atomic E-state index is 2.00. The van der Waals surface area contributed by atoms with Gasteiger partial charge in [0.05, 0.1) is 0 Å². The quantitative estimate of drug-likeness (QED) is 0.386. The van der Waals surface area contributed by atoms with Gasteiger partial charge in [-0.2, -0.15) is 18.2 Å². The predicted molar refractivity (Wildman–Crippen MR) is 28.4 cm³/mol. The molecule has 0 heterocycles. The van der Waals surface area contributed by atoms with E-state index in [2.05, 4.69) is 0 Å². The van der Waals surface area contributed by atoms with Crippen molar-refractivity contribution in [2.45, 2.75) is 0 Å². The van der Waals surface area contributed by atoms with Gasteiger partial charge in [0, 0.05) is 0 Å². The van der Waals surface area contributed by atoms with Crippen molar-refractivity contribution >= 4 is 0 Å². The fourth-order valence-electron chi connectivity index (χ4n) is 0.321. The molecule has 1 aromatic carbocycles. The summed E-state index contributed by atoms with van der Waals surface area (Å²) >= 11 is 0. The first-order chi connectivity index (χ1) is 2.50. The van der Waals surface area contributed by atoms with E-state index in [1.807, 2.05) is 30.3 Å². The molecule has 0 nitrogen and oxygen atoms in total. The Kier molecular flexibility index (Phi) is 8.58. The van der Waals surface area contributed by atoms with E-state index in [4.69, 9.17) is 0 Å². The minimum atomic E-state index is 0. The molecular weight excluding hydrogens is 137 g/mol. The Morgan fingerprint density at radius 2 is 1.43 bits per heavy atom. The molecule has 1 aromatic rings. The molecule has 0 fully saturated rings. The monoisotopic (exact) mass is 144 g/mol. The summed E-state index contributed by atoms with van der Waals surface area (Å²) in [6, 6.07) is 10.0. The summed E-state index contributed by atoms with van der Waals surface area (Å²) in [6.07, 6.45) is 0. The van der Waals surface area contributed by atoms with Crippen LogP contribution >= 0.6 is 0 Å². The second kappa shape index (κ2) is 5.97. The normalized spacial score (nSPS) is 5.71. The van der Waals surface area contributed by atoms with Gasteiger partial charge in [0.15, 0.2) is 0 Å². The van der Waals surface area contributed by atoms with E-state index in [0.717, 1.165) is 0 Å². The second-order valence-electron chi connectivity index (χ2n) is 0.962. The molecule has 0 aromatic heterocycles. The second-order valence-corrected chi connectivity index (χ2v) is 0.962. The van der Waals surface area contributed by atoms with E-state index in [9.17, 15) is 0 Å². The molecule has 0 aliphatic carbocycles. The summed E-state index contributed by atoms with van der Waals surface area (Å²) in [4.78, 5) is 0. The van der Waals surface area contributed by atoms with Crippen LogP contribution in [0, 0.1) is 7.43 Å². The number of hydrogen-bond donors (Lipinski definition) is 0. The fraction of sp³-hybridized carbons (Fsp3) is 0. The summed E-state index contributed by atoms with van der Waals surface area (Å²) in [7, 11) is 0. The minimum absolute atomic E-state index is 0. The van der Waals surface area contributed by atoms with Crippen LogP contribution in [-0.4, -0.2) is 0 Å². The van der Waals surface area contributed by atoms with Crippen LogP contribution in [0.2, 0.25) is 0 Å². The van der Waals surface area contributed by atoms with Crippen molar-refractivity contribution in [2.24, 2.45) is 0 Å². The van der Waals surface area contributed by atoms with Crippen LogP contribution in [0.1, 0.15) is 0 Å². The Balaban J connectivity index is 0. The van der Waals surface area contributed by atoms with Gasteiger partial charge in [0.25, 0.3) is 0 Å². The summed E-state index contributed by atoms with van der Waals surface area (Å²) in [5.41, 5.74) is 0. The largest absolute Gasteiger partial charge is 2.00 e. The SMILES string of the molecule is [CH3-].[Zn+2].c1cc[cH-]c1. The zero-order chi connectivity index (χ0) is 3.54. The molecule has 0 aliphatic heterocycles. The Labute approximate surface area is 57.7 Å². The van der Waals surface area contributed by atoms with Gasteiger partial charge in [-0.05, 0) is 0 Å². The molecule has 1 rings (SSSR count). The summed E-state index contributed by atoms with van der Waals surface area (Å²) in [5.74, 6) is 0. The van der Waals surface area contributed by atoms with Gasteiger partial charge in [-0.3, -0.25) is 0 Å². The average Bonchev–Trinajstić information content (AvgIpc) is 1.76. The molecule has 0 amide bonds. The van der Waals surface area contributed by atoms with Crippen molar-refractivity contribution in [1.82, 2.24) is 0 Å². The number of hydrogen-bond acceptors (Lipinski definition) is 0. The summed E-state index contributed by atoms with van der Waals surface area (Å²) in [5, 5.41) is 0. The van der Waals surface area contributed by atoms with Crippen LogP contribution < -0.4 is 0 Å². The van der Waals surface area contributed by atoms with Crippen LogP contribution in [0.5, 0.6) is 0 Å². The summed E-state index contributed by atoms with van der Waals surface area (Å²) < 4.78 is 0. The van der Waals surface area contributed by atoms with Crippen LogP contribution in [0.15, 0.2) is 30.3 Å². The maximum Gasteiger partial charge on any atom is 2.00 e. The Morgan fingerprint density at radius 3 is 1.57 bits per heavy atom. The van der Waals surface area contributed by atoms with Crippen molar-refractivity contribution in [3.8, 4) is 0 Å². The molecule has 0 saturated heterocycles. The Morgan fingerprint density at radius 1 is 1.00 bits per heavy atom. The fourth-order valence-corrected chi connectivity index (χ4v) is 0.321. The molecule has 0 atom stereocenters. The average molecular weight is 146 g/mol. The van der Waals surface area contributed by atoms with Crippen molar-refractivity contribution in [3.05, 3.63) is 37.8 Å². The third-order valence-electron chi connectivity index (χ3n) is 0.556. The first kappa shape index (κ1) is 10.1. The molecule has 0 aliphatic rings.